The highest BCUT2D eigenvalue weighted by Crippen LogP contribution is 2.55. The average molecular weight is 546 g/mol. The summed E-state index contributed by atoms with van der Waals surface area (Å²) in [4.78, 5) is 43.4. The number of benzene rings is 2. The topological polar surface area (TPSA) is 106 Å². The van der Waals surface area contributed by atoms with Crippen LogP contribution in [0.1, 0.15) is 37.7 Å². The van der Waals surface area contributed by atoms with Gasteiger partial charge < -0.3 is 29.7 Å². The van der Waals surface area contributed by atoms with E-state index in [9.17, 15) is 14.4 Å². The number of likely N-dealkylation sites (tertiary alicyclic amines) is 1. The molecule has 1 spiro atoms. The molecule has 2 aromatic rings. The lowest BCUT2D eigenvalue weighted by atomic mass is 9.74. The number of anilines is 1. The van der Waals surface area contributed by atoms with Crippen LogP contribution < -0.4 is 20.1 Å². The van der Waals surface area contributed by atoms with E-state index >= 15 is 0 Å². The van der Waals surface area contributed by atoms with Crippen molar-refractivity contribution in [1.82, 2.24) is 10.2 Å². The lowest BCUT2D eigenvalue weighted by molar-refractivity contribution is -0.142. The first-order chi connectivity index (χ1) is 19.4. The first-order valence-corrected chi connectivity index (χ1v) is 14.0. The van der Waals surface area contributed by atoms with Gasteiger partial charge in [0, 0.05) is 18.3 Å². The third kappa shape index (κ3) is 4.52. The van der Waals surface area contributed by atoms with Gasteiger partial charge in [0.1, 0.15) is 23.1 Å². The summed E-state index contributed by atoms with van der Waals surface area (Å²) < 4.78 is 16.9. The highest BCUT2D eigenvalue weighted by atomic mass is 16.5. The van der Waals surface area contributed by atoms with E-state index in [0.717, 1.165) is 31.2 Å². The van der Waals surface area contributed by atoms with Crippen LogP contribution in [0.2, 0.25) is 0 Å². The van der Waals surface area contributed by atoms with Gasteiger partial charge in [0.15, 0.2) is 0 Å². The molecule has 2 N–H and O–H groups in total. The zero-order valence-corrected chi connectivity index (χ0v) is 22.8. The third-order valence-electron chi connectivity index (χ3n) is 8.75. The number of hydrogen-bond donors (Lipinski definition) is 2. The Morgan fingerprint density at radius 3 is 2.25 bits per heavy atom. The molecule has 2 aromatic carbocycles. The molecule has 2 bridgehead atoms. The number of carbonyl (C=O) groups excluding carboxylic acids is 3. The number of rotatable bonds is 8. The highest BCUT2D eigenvalue weighted by molar-refractivity contribution is 6.02. The van der Waals surface area contributed by atoms with Crippen molar-refractivity contribution < 1.29 is 28.6 Å². The van der Waals surface area contributed by atoms with E-state index in [4.69, 9.17) is 14.2 Å². The second kappa shape index (κ2) is 10.6. The number of nitrogens with zero attached hydrogens (tertiary/aromatic N) is 1. The summed E-state index contributed by atoms with van der Waals surface area (Å²) in [7, 11) is 3.18. The quantitative estimate of drug-likeness (QED) is 0.493. The molecule has 3 fully saturated rings. The molecule has 3 amide bonds. The van der Waals surface area contributed by atoms with Crippen molar-refractivity contribution in [2.75, 3.05) is 19.5 Å². The van der Waals surface area contributed by atoms with Crippen LogP contribution in [0, 0.1) is 11.8 Å². The van der Waals surface area contributed by atoms with Gasteiger partial charge in [-0.2, -0.15) is 0 Å². The largest absolute Gasteiger partial charge is 0.497 e. The molecule has 4 aliphatic rings. The molecule has 5 atom stereocenters. The fourth-order valence-corrected chi connectivity index (χ4v) is 6.79. The highest BCUT2D eigenvalue weighted by Gasteiger charge is 2.72. The van der Waals surface area contributed by atoms with Crippen LogP contribution in [0.25, 0.3) is 0 Å². The minimum Gasteiger partial charge on any atom is -0.497 e. The molecular formula is C31H35N3O6. The lowest BCUT2D eigenvalue weighted by Gasteiger charge is -2.34. The second-order valence-corrected chi connectivity index (χ2v) is 11.1. The fourth-order valence-electron chi connectivity index (χ4n) is 6.79. The Labute approximate surface area is 233 Å². The number of nitrogens with one attached hydrogen (secondary N) is 2. The summed E-state index contributed by atoms with van der Waals surface area (Å²) >= 11 is 0. The number of fused-ring (bicyclic) bond motifs is 1. The van der Waals surface area contributed by atoms with Crippen LogP contribution in [0.3, 0.4) is 0 Å². The minimum atomic E-state index is -1.20. The first-order valence-electron chi connectivity index (χ1n) is 14.0. The van der Waals surface area contributed by atoms with E-state index in [1.165, 1.54) is 6.42 Å². The van der Waals surface area contributed by atoms with Gasteiger partial charge in [-0.1, -0.05) is 43.5 Å². The molecule has 0 radical (unpaired) electrons. The van der Waals surface area contributed by atoms with E-state index in [2.05, 4.69) is 10.6 Å². The van der Waals surface area contributed by atoms with Gasteiger partial charge in [0.2, 0.25) is 17.7 Å². The van der Waals surface area contributed by atoms with Gasteiger partial charge in [0.25, 0.3) is 0 Å². The number of amides is 3. The molecule has 3 aliphatic heterocycles. The van der Waals surface area contributed by atoms with E-state index in [-0.39, 0.29) is 30.3 Å². The van der Waals surface area contributed by atoms with Crippen molar-refractivity contribution in [3.05, 3.63) is 66.2 Å². The Kier molecular flexibility index (Phi) is 7.00. The molecule has 0 unspecified atom stereocenters. The summed E-state index contributed by atoms with van der Waals surface area (Å²) in [6.07, 6.45) is 8.26. The van der Waals surface area contributed by atoms with Crippen molar-refractivity contribution >= 4 is 23.4 Å². The lowest BCUT2D eigenvalue weighted by Crippen LogP contribution is -2.56. The maximum Gasteiger partial charge on any atom is 0.246 e. The van der Waals surface area contributed by atoms with Gasteiger partial charge in [-0.25, -0.2) is 0 Å². The van der Waals surface area contributed by atoms with Crippen molar-refractivity contribution in [3.8, 4) is 11.5 Å². The first kappa shape index (κ1) is 26.4. The Morgan fingerprint density at radius 1 is 0.950 bits per heavy atom. The van der Waals surface area contributed by atoms with Gasteiger partial charge in [0.05, 0.1) is 32.2 Å². The Balaban J connectivity index is 1.30. The monoisotopic (exact) mass is 545 g/mol. The second-order valence-electron chi connectivity index (χ2n) is 11.1. The molecule has 9 heteroatoms. The predicted molar refractivity (Wildman–Crippen MR) is 148 cm³/mol. The zero-order chi connectivity index (χ0) is 27.9. The summed E-state index contributed by atoms with van der Waals surface area (Å²) in [5, 5.41) is 6.16. The van der Waals surface area contributed by atoms with Gasteiger partial charge in [-0.05, 0) is 54.8 Å². The standard InChI is InChI=1S/C31H35N3O6/c1-38-22-12-8-19(9-13-22)18-34-27(29(36)33-20-6-4-3-5-7-20)31-17-16-24(40-31)25(26(31)30(34)37)28(35)32-21-10-14-23(39-2)15-11-21/h8-17,20,24-27H,3-7,18H2,1-2H3,(H,32,35)(H,33,36)/t24-,25-,26-,27+,31+/m1/s1. The Hall–Kier alpha value is -3.85. The fraction of sp³-hybridized carbons (Fsp3) is 0.452. The molecule has 210 valence electrons. The number of methoxy groups -OCH3 is 2. The van der Waals surface area contributed by atoms with E-state index in [1.54, 1.807) is 43.4 Å². The smallest absolute Gasteiger partial charge is 0.246 e. The van der Waals surface area contributed by atoms with Crippen molar-refractivity contribution in [2.45, 2.75) is 62.4 Å². The molecule has 1 aliphatic carbocycles. The maximum atomic E-state index is 14.2. The van der Waals surface area contributed by atoms with E-state index < -0.39 is 29.6 Å². The number of ether oxygens (including phenoxy) is 3. The maximum absolute atomic E-state index is 14.2. The van der Waals surface area contributed by atoms with E-state index in [0.29, 0.717) is 17.2 Å². The average Bonchev–Trinajstić information content (AvgIpc) is 3.62. The molecule has 1 saturated carbocycles. The van der Waals surface area contributed by atoms with Crippen LogP contribution in [0.5, 0.6) is 11.5 Å². The number of hydrogen-bond acceptors (Lipinski definition) is 6. The summed E-state index contributed by atoms with van der Waals surface area (Å²) in [5.74, 6) is -0.961. The van der Waals surface area contributed by atoms with Crippen LogP contribution in [-0.2, 0) is 25.7 Å². The summed E-state index contributed by atoms with van der Waals surface area (Å²) in [6.45, 7) is 0.221. The Morgan fingerprint density at radius 2 is 1.60 bits per heavy atom. The molecule has 3 heterocycles. The molecule has 40 heavy (non-hydrogen) atoms. The van der Waals surface area contributed by atoms with Crippen molar-refractivity contribution in [3.63, 3.8) is 0 Å². The molecular weight excluding hydrogens is 510 g/mol. The molecule has 2 saturated heterocycles. The SMILES string of the molecule is COc1ccc(CN2C(=O)[C@H]3[C@H](C(=O)Nc4ccc(OC)cc4)[C@H]4C=C[C@@]3(O4)[C@@H]2C(=O)NC2CCCCC2)cc1. The number of carbonyl (C=O) groups is 3. The van der Waals surface area contributed by atoms with Gasteiger partial charge in [-0.15, -0.1) is 0 Å². The van der Waals surface area contributed by atoms with Crippen molar-refractivity contribution in [2.24, 2.45) is 11.8 Å². The van der Waals surface area contributed by atoms with Crippen LogP contribution in [-0.4, -0.2) is 60.6 Å². The minimum absolute atomic E-state index is 0.0754. The predicted octanol–water partition coefficient (Wildman–Crippen LogP) is 3.44. The molecule has 9 nitrogen and oxygen atoms in total. The molecule has 0 aromatic heterocycles. The third-order valence-corrected chi connectivity index (χ3v) is 8.75. The van der Waals surface area contributed by atoms with Gasteiger partial charge in [-0.3, -0.25) is 14.4 Å². The van der Waals surface area contributed by atoms with Crippen LogP contribution in [0.15, 0.2) is 60.7 Å². The van der Waals surface area contributed by atoms with Crippen molar-refractivity contribution in [1.29, 1.82) is 0 Å². The zero-order valence-electron chi connectivity index (χ0n) is 22.8. The molecule has 6 rings (SSSR count). The normalized spacial score (nSPS) is 28.9. The van der Waals surface area contributed by atoms with E-state index in [1.807, 2.05) is 36.4 Å². The van der Waals surface area contributed by atoms with Crippen LogP contribution in [0.4, 0.5) is 5.69 Å². The van der Waals surface area contributed by atoms with Crippen LogP contribution >= 0.6 is 0 Å². The summed E-state index contributed by atoms with van der Waals surface area (Å²) in [6, 6.07) is 13.7. The van der Waals surface area contributed by atoms with Gasteiger partial charge >= 0.3 is 0 Å². The Bertz CT molecular complexity index is 1300. The summed E-state index contributed by atoms with van der Waals surface area (Å²) in [5.41, 5.74) is 0.256.